The third-order valence-electron chi connectivity index (χ3n) is 4.76. The molecule has 2 aromatic rings. The highest BCUT2D eigenvalue weighted by Crippen LogP contribution is 2.20. The Balaban J connectivity index is 1.85. The number of nitrogens with zero attached hydrogens (tertiary/aromatic N) is 3. The quantitative estimate of drug-likeness (QED) is 0.908. The van der Waals surface area contributed by atoms with Gasteiger partial charge in [0.2, 0.25) is 11.8 Å². The first-order chi connectivity index (χ1) is 11.5. The van der Waals surface area contributed by atoms with Crippen LogP contribution in [0.5, 0.6) is 0 Å². The van der Waals surface area contributed by atoms with Crippen LogP contribution < -0.4 is 5.32 Å². The van der Waals surface area contributed by atoms with Crippen molar-refractivity contribution in [3.05, 3.63) is 36.0 Å². The minimum atomic E-state index is -0.427. The van der Waals surface area contributed by atoms with Crippen molar-refractivity contribution in [1.29, 1.82) is 0 Å². The Labute approximate surface area is 142 Å². The van der Waals surface area contributed by atoms with Gasteiger partial charge in [0.05, 0.1) is 0 Å². The maximum absolute atomic E-state index is 12.9. The Morgan fingerprint density at radius 3 is 2.75 bits per heavy atom. The molecule has 24 heavy (non-hydrogen) atoms. The summed E-state index contributed by atoms with van der Waals surface area (Å²) in [6.07, 6.45) is 0. The van der Waals surface area contributed by atoms with Crippen LogP contribution in [-0.2, 0) is 16.1 Å². The number of aromatic nitrogens is 1. The lowest BCUT2D eigenvalue weighted by Gasteiger charge is -2.39. The summed E-state index contributed by atoms with van der Waals surface area (Å²) >= 11 is 0. The van der Waals surface area contributed by atoms with Crippen LogP contribution in [0.1, 0.15) is 5.69 Å². The highest BCUT2D eigenvalue weighted by atomic mass is 16.2. The standard InChI is InChI=1S/C18H24N4O2/c1-13-10-14-6-4-5-7-15(14)22(13)12-17(23)21-9-8-20(3)11-16(21)18(24)19-2/h4-7,10,16H,8-9,11-12H2,1-3H3,(H,19,24). The molecule has 1 aromatic carbocycles. The number of fused-ring (bicyclic) bond motifs is 1. The van der Waals surface area contributed by atoms with Crippen LogP contribution in [0.25, 0.3) is 10.9 Å². The monoisotopic (exact) mass is 328 g/mol. The van der Waals surface area contributed by atoms with Gasteiger partial charge in [-0.2, -0.15) is 0 Å². The number of carbonyl (C=O) groups excluding carboxylic acids is 2. The molecule has 1 N–H and O–H groups in total. The SMILES string of the molecule is CNC(=O)C1CN(C)CCN1C(=O)Cn1c(C)cc2ccccc21. The van der Waals surface area contributed by atoms with Crippen molar-refractivity contribution >= 4 is 22.7 Å². The van der Waals surface area contributed by atoms with E-state index >= 15 is 0 Å². The molecule has 0 bridgehead atoms. The molecule has 1 saturated heterocycles. The molecular formula is C18H24N4O2. The van der Waals surface area contributed by atoms with Gasteiger partial charge in [-0.05, 0) is 31.5 Å². The molecule has 1 unspecified atom stereocenters. The molecule has 0 saturated carbocycles. The fourth-order valence-electron chi connectivity index (χ4n) is 3.39. The average Bonchev–Trinajstić information content (AvgIpc) is 2.89. The number of benzene rings is 1. The minimum absolute atomic E-state index is 0.0128. The molecule has 0 radical (unpaired) electrons. The van der Waals surface area contributed by atoms with Crippen LogP contribution in [0.4, 0.5) is 0 Å². The van der Waals surface area contributed by atoms with E-state index in [1.54, 1.807) is 11.9 Å². The maximum atomic E-state index is 12.9. The summed E-state index contributed by atoms with van der Waals surface area (Å²) < 4.78 is 2.02. The fourth-order valence-corrected chi connectivity index (χ4v) is 3.39. The number of likely N-dealkylation sites (N-methyl/N-ethyl adjacent to an activating group) is 2. The maximum Gasteiger partial charge on any atom is 0.243 e. The number of hydrogen-bond acceptors (Lipinski definition) is 3. The van der Waals surface area contributed by atoms with Crippen LogP contribution in [0, 0.1) is 6.92 Å². The molecule has 3 rings (SSSR count). The number of rotatable bonds is 3. The summed E-state index contributed by atoms with van der Waals surface area (Å²) in [5, 5.41) is 3.80. The van der Waals surface area contributed by atoms with E-state index in [0.717, 1.165) is 23.1 Å². The number of aryl methyl sites for hydroxylation is 1. The summed E-state index contributed by atoms with van der Waals surface area (Å²) in [4.78, 5) is 28.9. The van der Waals surface area contributed by atoms with Gasteiger partial charge in [-0.15, -0.1) is 0 Å². The second kappa shape index (κ2) is 6.65. The largest absolute Gasteiger partial charge is 0.357 e. The van der Waals surface area contributed by atoms with Crippen molar-refractivity contribution in [1.82, 2.24) is 19.7 Å². The molecule has 1 aliphatic heterocycles. The van der Waals surface area contributed by atoms with Gasteiger partial charge in [0.15, 0.2) is 0 Å². The lowest BCUT2D eigenvalue weighted by atomic mass is 10.1. The van der Waals surface area contributed by atoms with Crippen molar-refractivity contribution < 1.29 is 9.59 Å². The van der Waals surface area contributed by atoms with E-state index in [2.05, 4.69) is 16.3 Å². The molecule has 1 atom stereocenters. The Hall–Kier alpha value is -2.34. The minimum Gasteiger partial charge on any atom is -0.357 e. The highest BCUT2D eigenvalue weighted by Gasteiger charge is 2.33. The smallest absolute Gasteiger partial charge is 0.243 e. The van der Waals surface area contributed by atoms with Crippen LogP contribution >= 0.6 is 0 Å². The van der Waals surface area contributed by atoms with Crippen molar-refractivity contribution in [2.75, 3.05) is 33.7 Å². The molecule has 1 aliphatic rings. The molecule has 2 heterocycles. The molecule has 6 heteroatoms. The Morgan fingerprint density at radius 2 is 2.00 bits per heavy atom. The van der Waals surface area contributed by atoms with E-state index in [-0.39, 0.29) is 18.4 Å². The van der Waals surface area contributed by atoms with Crippen LogP contribution in [0.2, 0.25) is 0 Å². The van der Waals surface area contributed by atoms with Crippen molar-refractivity contribution in [2.24, 2.45) is 0 Å². The topological polar surface area (TPSA) is 57.6 Å². The predicted octanol–water partition coefficient (Wildman–Crippen LogP) is 0.838. The summed E-state index contributed by atoms with van der Waals surface area (Å²) in [6, 6.07) is 9.70. The first-order valence-corrected chi connectivity index (χ1v) is 8.25. The van der Waals surface area contributed by atoms with Crippen molar-refractivity contribution in [2.45, 2.75) is 19.5 Å². The second-order valence-electron chi connectivity index (χ2n) is 6.41. The Kier molecular flexibility index (Phi) is 4.57. The van der Waals surface area contributed by atoms with E-state index in [1.807, 2.05) is 42.8 Å². The number of hydrogen-bond donors (Lipinski definition) is 1. The number of amides is 2. The van der Waals surface area contributed by atoms with E-state index in [1.165, 1.54) is 0 Å². The molecule has 0 spiro atoms. The molecule has 6 nitrogen and oxygen atoms in total. The molecule has 2 amide bonds. The van der Waals surface area contributed by atoms with Crippen molar-refractivity contribution in [3.8, 4) is 0 Å². The summed E-state index contributed by atoms with van der Waals surface area (Å²) in [7, 11) is 3.59. The lowest BCUT2D eigenvalue weighted by Crippen LogP contribution is -2.60. The van der Waals surface area contributed by atoms with Crippen LogP contribution in [0.3, 0.4) is 0 Å². The van der Waals surface area contributed by atoms with E-state index in [4.69, 9.17) is 0 Å². The van der Waals surface area contributed by atoms with Gasteiger partial charge in [-0.3, -0.25) is 9.59 Å². The number of carbonyl (C=O) groups is 2. The average molecular weight is 328 g/mol. The van der Waals surface area contributed by atoms with Gasteiger partial charge in [-0.1, -0.05) is 18.2 Å². The van der Waals surface area contributed by atoms with Gasteiger partial charge in [0.25, 0.3) is 0 Å². The molecule has 1 aromatic heterocycles. The molecule has 0 aliphatic carbocycles. The van der Waals surface area contributed by atoms with Crippen molar-refractivity contribution in [3.63, 3.8) is 0 Å². The summed E-state index contributed by atoms with van der Waals surface area (Å²) in [6.45, 7) is 4.19. The third-order valence-corrected chi connectivity index (χ3v) is 4.76. The lowest BCUT2D eigenvalue weighted by molar-refractivity contribution is -0.143. The zero-order valence-electron chi connectivity index (χ0n) is 14.5. The van der Waals surface area contributed by atoms with E-state index in [0.29, 0.717) is 13.1 Å². The Morgan fingerprint density at radius 1 is 1.25 bits per heavy atom. The highest BCUT2D eigenvalue weighted by molar-refractivity contribution is 5.89. The molecular weight excluding hydrogens is 304 g/mol. The third kappa shape index (κ3) is 3.01. The van der Waals surface area contributed by atoms with Gasteiger partial charge in [0.1, 0.15) is 12.6 Å². The van der Waals surface area contributed by atoms with E-state index < -0.39 is 6.04 Å². The Bertz CT molecular complexity index is 767. The normalized spacial score (nSPS) is 18.8. The van der Waals surface area contributed by atoms with Gasteiger partial charge in [-0.25, -0.2) is 0 Å². The molecule has 1 fully saturated rings. The zero-order valence-corrected chi connectivity index (χ0v) is 14.5. The summed E-state index contributed by atoms with van der Waals surface area (Å²) in [5.41, 5.74) is 2.10. The van der Waals surface area contributed by atoms with Crippen LogP contribution in [-0.4, -0.2) is 66.0 Å². The summed E-state index contributed by atoms with van der Waals surface area (Å²) in [5.74, 6) is -0.120. The fraction of sp³-hybridized carbons (Fsp3) is 0.444. The molecule has 128 valence electrons. The first kappa shape index (κ1) is 16.5. The van der Waals surface area contributed by atoms with Crippen LogP contribution in [0.15, 0.2) is 30.3 Å². The van der Waals surface area contributed by atoms with Gasteiger partial charge >= 0.3 is 0 Å². The predicted molar refractivity (Wildman–Crippen MR) is 93.7 cm³/mol. The zero-order chi connectivity index (χ0) is 17.3. The number of para-hydroxylation sites is 1. The number of piperazine rings is 1. The van der Waals surface area contributed by atoms with Gasteiger partial charge < -0.3 is 19.7 Å². The van der Waals surface area contributed by atoms with E-state index in [9.17, 15) is 9.59 Å². The van der Waals surface area contributed by atoms with Gasteiger partial charge in [0, 0.05) is 37.9 Å². The first-order valence-electron chi connectivity index (χ1n) is 8.25. The second-order valence-corrected chi connectivity index (χ2v) is 6.41. The number of nitrogens with one attached hydrogen (secondary N) is 1.